The first-order valence-corrected chi connectivity index (χ1v) is 7.54. The minimum atomic E-state index is -0.222. The van der Waals surface area contributed by atoms with Gasteiger partial charge in [-0.15, -0.1) is 0 Å². The average molecular weight is 254 g/mol. The highest BCUT2D eigenvalue weighted by Gasteiger charge is 2.50. The largest absolute Gasteiger partial charge is 0.487 e. The predicted molar refractivity (Wildman–Crippen MR) is 75.3 cm³/mol. The predicted octanol–water partition coefficient (Wildman–Crippen LogP) is 3.46. The summed E-state index contributed by atoms with van der Waals surface area (Å²) >= 11 is 2.03. The van der Waals surface area contributed by atoms with Crippen LogP contribution in [-0.4, -0.2) is 29.3 Å². The molecular formula is C13H23BO2S. The van der Waals surface area contributed by atoms with Gasteiger partial charge >= 0.3 is 7.12 Å². The smallest absolute Gasteiger partial charge is 0.400 e. The highest BCUT2D eigenvalue weighted by Crippen LogP contribution is 2.38. The summed E-state index contributed by atoms with van der Waals surface area (Å²) in [6.07, 6.45) is 2.47. The molecule has 17 heavy (non-hydrogen) atoms. The molecule has 0 bridgehead atoms. The molecule has 96 valence electrons. The first-order chi connectivity index (χ1) is 7.82. The van der Waals surface area contributed by atoms with Crippen LogP contribution in [0.3, 0.4) is 0 Å². The van der Waals surface area contributed by atoms with Crippen molar-refractivity contribution in [2.24, 2.45) is 0 Å². The van der Waals surface area contributed by atoms with Crippen LogP contribution in [0.4, 0.5) is 0 Å². The van der Waals surface area contributed by atoms with Crippen molar-refractivity contribution in [1.82, 2.24) is 0 Å². The molecule has 4 heteroatoms. The molecule has 2 saturated heterocycles. The number of rotatable bonds is 1. The van der Waals surface area contributed by atoms with Crippen LogP contribution >= 0.6 is 11.8 Å². The SMILES string of the molecule is CC1SCCC/C1=C/B1OC(C)(C)C(C)(C)O1. The van der Waals surface area contributed by atoms with E-state index in [9.17, 15) is 0 Å². The number of thioether (sulfide) groups is 1. The van der Waals surface area contributed by atoms with E-state index in [1.54, 1.807) is 0 Å². The fourth-order valence-corrected chi connectivity index (χ4v) is 3.27. The Bertz CT molecular complexity index is 309. The van der Waals surface area contributed by atoms with Gasteiger partial charge in [0.05, 0.1) is 11.2 Å². The summed E-state index contributed by atoms with van der Waals surface area (Å²) < 4.78 is 12.0. The summed E-state index contributed by atoms with van der Waals surface area (Å²) in [5.41, 5.74) is 1.04. The first kappa shape index (κ1) is 13.5. The highest BCUT2D eigenvalue weighted by atomic mass is 32.2. The fraction of sp³-hybridized carbons (Fsp3) is 0.846. The molecule has 0 N–H and O–H groups in total. The lowest BCUT2D eigenvalue weighted by atomic mass is 9.85. The Balaban J connectivity index is 2.08. The van der Waals surface area contributed by atoms with E-state index < -0.39 is 0 Å². The Morgan fingerprint density at radius 1 is 1.24 bits per heavy atom. The van der Waals surface area contributed by atoms with E-state index in [1.807, 2.05) is 11.8 Å². The van der Waals surface area contributed by atoms with Gasteiger partial charge in [0.15, 0.2) is 0 Å². The summed E-state index contributed by atoms with van der Waals surface area (Å²) in [6, 6.07) is 0. The van der Waals surface area contributed by atoms with E-state index >= 15 is 0 Å². The van der Waals surface area contributed by atoms with E-state index in [2.05, 4.69) is 40.6 Å². The van der Waals surface area contributed by atoms with Crippen molar-refractivity contribution in [3.8, 4) is 0 Å². The normalized spacial score (nSPS) is 34.3. The van der Waals surface area contributed by atoms with Crippen LogP contribution in [0.2, 0.25) is 0 Å². The molecular weight excluding hydrogens is 231 g/mol. The zero-order chi connectivity index (χ0) is 12.7. The van der Waals surface area contributed by atoms with Gasteiger partial charge in [-0.05, 0) is 53.2 Å². The Kier molecular flexibility index (Phi) is 3.68. The second kappa shape index (κ2) is 4.63. The van der Waals surface area contributed by atoms with Crippen molar-refractivity contribution >= 4 is 18.9 Å². The van der Waals surface area contributed by atoms with Crippen LogP contribution in [0.5, 0.6) is 0 Å². The topological polar surface area (TPSA) is 18.5 Å². The average Bonchev–Trinajstić information content (AvgIpc) is 2.39. The van der Waals surface area contributed by atoms with E-state index in [-0.39, 0.29) is 18.3 Å². The lowest BCUT2D eigenvalue weighted by molar-refractivity contribution is 0.00578. The van der Waals surface area contributed by atoms with Crippen LogP contribution in [-0.2, 0) is 9.31 Å². The zero-order valence-corrected chi connectivity index (χ0v) is 12.4. The molecule has 0 amide bonds. The highest BCUT2D eigenvalue weighted by molar-refractivity contribution is 8.00. The third kappa shape index (κ3) is 2.74. The van der Waals surface area contributed by atoms with Crippen LogP contribution in [0.15, 0.2) is 11.5 Å². The second-order valence-electron chi connectivity index (χ2n) is 5.98. The van der Waals surface area contributed by atoms with Gasteiger partial charge in [0, 0.05) is 5.25 Å². The summed E-state index contributed by atoms with van der Waals surface area (Å²) in [5, 5.41) is 0.614. The van der Waals surface area contributed by atoms with Crippen molar-refractivity contribution in [2.75, 3.05) is 5.75 Å². The molecule has 2 nitrogen and oxygen atoms in total. The third-order valence-electron chi connectivity index (χ3n) is 4.12. The van der Waals surface area contributed by atoms with Crippen molar-refractivity contribution < 1.29 is 9.31 Å². The monoisotopic (exact) mass is 254 g/mol. The Hall–Kier alpha value is 0.0749. The maximum absolute atomic E-state index is 6.01. The molecule has 2 rings (SSSR count). The van der Waals surface area contributed by atoms with Crippen LogP contribution < -0.4 is 0 Å². The summed E-state index contributed by atoms with van der Waals surface area (Å²) in [4.78, 5) is 0. The molecule has 0 saturated carbocycles. The summed E-state index contributed by atoms with van der Waals surface area (Å²) in [7, 11) is -0.170. The third-order valence-corrected chi connectivity index (χ3v) is 5.45. The second-order valence-corrected chi connectivity index (χ2v) is 7.43. The molecule has 0 aromatic carbocycles. The molecule has 2 aliphatic rings. The lowest BCUT2D eigenvalue weighted by Gasteiger charge is -2.32. The van der Waals surface area contributed by atoms with E-state index in [4.69, 9.17) is 9.31 Å². The number of hydrogen-bond acceptors (Lipinski definition) is 3. The van der Waals surface area contributed by atoms with E-state index in [1.165, 1.54) is 24.2 Å². The van der Waals surface area contributed by atoms with Gasteiger partial charge in [0.1, 0.15) is 0 Å². The zero-order valence-electron chi connectivity index (χ0n) is 11.6. The van der Waals surface area contributed by atoms with E-state index in [0.717, 1.165) is 0 Å². The maximum atomic E-state index is 6.01. The Morgan fingerprint density at radius 3 is 2.35 bits per heavy atom. The summed E-state index contributed by atoms with van der Waals surface area (Å²) in [5.74, 6) is 3.48. The minimum Gasteiger partial charge on any atom is -0.400 e. The standard InChI is InChI=1S/C13H23BO2S/c1-10-11(7-6-8-17-10)9-14-15-12(2,3)13(4,5)16-14/h9-10H,6-8H2,1-5H3/b11-9-. The molecule has 0 spiro atoms. The van der Waals surface area contributed by atoms with Crippen molar-refractivity contribution in [2.45, 2.75) is 63.9 Å². The quantitative estimate of drug-likeness (QED) is 0.667. The molecule has 0 aliphatic carbocycles. The van der Waals surface area contributed by atoms with E-state index in [0.29, 0.717) is 5.25 Å². The van der Waals surface area contributed by atoms with Crippen molar-refractivity contribution in [3.05, 3.63) is 11.5 Å². The Morgan fingerprint density at radius 2 is 1.82 bits per heavy atom. The van der Waals surface area contributed by atoms with Crippen LogP contribution in [0, 0.1) is 0 Å². The maximum Gasteiger partial charge on any atom is 0.487 e. The van der Waals surface area contributed by atoms with Crippen molar-refractivity contribution in [3.63, 3.8) is 0 Å². The number of hydrogen-bond donors (Lipinski definition) is 0. The molecule has 2 fully saturated rings. The summed E-state index contributed by atoms with van der Waals surface area (Å²) in [6.45, 7) is 10.7. The van der Waals surface area contributed by atoms with Gasteiger partial charge in [-0.3, -0.25) is 0 Å². The molecule has 2 heterocycles. The molecule has 1 atom stereocenters. The van der Waals surface area contributed by atoms with Gasteiger partial charge in [-0.25, -0.2) is 0 Å². The molecule has 0 aromatic rings. The fourth-order valence-electron chi connectivity index (χ4n) is 2.20. The lowest BCUT2D eigenvalue weighted by Crippen LogP contribution is -2.41. The Labute approximate surface area is 110 Å². The van der Waals surface area contributed by atoms with Crippen LogP contribution in [0.1, 0.15) is 47.5 Å². The molecule has 0 radical (unpaired) electrons. The molecule has 2 aliphatic heterocycles. The van der Waals surface area contributed by atoms with Crippen molar-refractivity contribution in [1.29, 1.82) is 0 Å². The van der Waals surface area contributed by atoms with Gasteiger partial charge in [-0.2, -0.15) is 11.8 Å². The first-order valence-electron chi connectivity index (χ1n) is 6.50. The van der Waals surface area contributed by atoms with Gasteiger partial charge in [-0.1, -0.05) is 11.5 Å². The van der Waals surface area contributed by atoms with Gasteiger partial charge in [0.2, 0.25) is 0 Å². The molecule has 1 unspecified atom stereocenters. The van der Waals surface area contributed by atoms with Crippen LogP contribution in [0.25, 0.3) is 0 Å². The minimum absolute atomic E-state index is 0.170. The van der Waals surface area contributed by atoms with Gasteiger partial charge in [0.25, 0.3) is 0 Å². The molecule has 0 aromatic heterocycles. The van der Waals surface area contributed by atoms with Gasteiger partial charge < -0.3 is 9.31 Å².